The summed E-state index contributed by atoms with van der Waals surface area (Å²) in [6.45, 7) is 3.53. The summed E-state index contributed by atoms with van der Waals surface area (Å²) in [5, 5.41) is 7.68. The van der Waals surface area contributed by atoms with Gasteiger partial charge < -0.3 is 0 Å². The third-order valence-corrected chi connectivity index (χ3v) is 4.91. The van der Waals surface area contributed by atoms with Crippen molar-refractivity contribution in [2.45, 2.75) is 13.8 Å². The van der Waals surface area contributed by atoms with Crippen molar-refractivity contribution in [2.75, 3.05) is 9.91 Å². The number of aryl methyl sites for hydroxylation is 1. The zero-order chi connectivity index (χ0) is 21.4. The van der Waals surface area contributed by atoms with Gasteiger partial charge in [-0.05, 0) is 44.2 Å². The van der Waals surface area contributed by atoms with Gasteiger partial charge in [0.25, 0.3) is 17.7 Å². The number of barbiturate groups is 1. The van der Waals surface area contributed by atoms with E-state index in [0.717, 1.165) is 10.5 Å². The van der Waals surface area contributed by atoms with E-state index in [-0.39, 0.29) is 11.5 Å². The van der Waals surface area contributed by atoms with Gasteiger partial charge in [-0.25, -0.2) is 9.69 Å². The normalized spacial score (nSPS) is 20.7. The van der Waals surface area contributed by atoms with Crippen LogP contribution in [0.5, 0.6) is 0 Å². The Labute approximate surface area is 172 Å². The number of hydrazone groups is 1. The molecule has 1 N–H and O–H groups in total. The van der Waals surface area contributed by atoms with Gasteiger partial charge in [0, 0.05) is 0 Å². The van der Waals surface area contributed by atoms with E-state index >= 15 is 0 Å². The van der Waals surface area contributed by atoms with Crippen LogP contribution >= 0.6 is 0 Å². The fourth-order valence-electron chi connectivity index (χ4n) is 3.30. The van der Waals surface area contributed by atoms with E-state index in [1.807, 2.05) is 13.0 Å². The average Bonchev–Trinajstić information content (AvgIpc) is 3.01. The van der Waals surface area contributed by atoms with Gasteiger partial charge in [-0.3, -0.25) is 19.7 Å². The molecule has 30 heavy (non-hydrogen) atoms. The first-order valence-corrected chi connectivity index (χ1v) is 9.29. The Morgan fingerprint density at radius 2 is 1.57 bits per heavy atom. The summed E-state index contributed by atoms with van der Waals surface area (Å²) in [5.41, 5.74) is 2.03. The van der Waals surface area contributed by atoms with Crippen LogP contribution in [0.4, 0.5) is 16.2 Å². The van der Waals surface area contributed by atoms with Crippen LogP contribution in [0.2, 0.25) is 0 Å². The van der Waals surface area contributed by atoms with Gasteiger partial charge in [0.1, 0.15) is 5.57 Å². The Morgan fingerprint density at radius 1 is 0.900 bits per heavy atom. The molecule has 0 unspecified atom stereocenters. The van der Waals surface area contributed by atoms with Gasteiger partial charge in [-0.1, -0.05) is 35.9 Å². The van der Waals surface area contributed by atoms with Crippen LogP contribution in [0.15, 0.2) is 71.3 Å². The van der Waals surface area contributed by atoms with E-state index in [1.54, 1.807) is 55.5 Å². The highest BCUT2D eigenvalue weighted by atomic mass is 16.2. The summed E-state index contributed by atoms with van der Waals surface area (Å²) in [5.74, 6) is -2.90. The maximum absolute atomic E-state index is 13.0. The maximum atomic E-state index is 13.0. The number of urea groups is 1. The first kappa shape index (κ1) is 19.3. The molecule has 5 amide bonds. The molecule has 150 valence electrons. The van der Waals surface area contributed by atoms with Crippen molar-refractivity contribution in [1.82, 2.24) is 5.32 Å². The molecule has 2 heterocycles. The number of nitrogens with one attached hydrogen (secondary N) is 1. The molecule has 0 saturated carbocycles. The average molecular weight is 402 g/mol. The monoisotopic (exact) mass is 402 g/mol. The lowest BCUT2D eigenvalue weighted by molar-refractivity contribution is -0.122. The molecule has 2 aliphatic heterocycles. The van der Waals surface area contributed by atoms with Crippen molar-refractivity contribution in [3.05, 3.63) is 71.8 Å². The first-order valence-electron chi connectivity index (χ1n) is 9.29. The Balaban J connectivity index is 1.67. The predicted molar refractivity (Wildman–Crippen MR) is 111 cm³/mol. The number of benzene rings is 2. The van der Waals surface area contributed by atoms with E-state index in [0.29, 0.717) is 17.1 Å². The molecule has 2 aliphatic rings. The van der Waals surface area contributed by atoms with Gasteiger partial charge in [-0.2, -0.15) is 10.1 Å². The number of carbonyl (C=O) groups is 4. The molecule has 8 nitrogen and oxygen atoms in total. The quantitative estimate of drug-likeness (QED) is 0.630. The molecule has 0 radical (unpaired) electrons. The first-order chi connectivity index (χ1) is 14.4. The molecular weight excluding hydrogens is 384 g/mol. The second-order valence-electron chi connectivity index (χ2n) is 7.02. The van der Waals surface area contributed by atoms with Crippen molar-refractivity contribution in [2.24, 2.45) is 11.0 Å². The van der Waals surface area contributed by atoms with Gasteiger partial charge in [-0.15, -0.1) is 0 Å². The molecular formula is C22H18N4O4. The van der Waals surface area contributed by atoms with Gasteiger partial charge in [0.2, 0.25) is 0 Å². The Hall–Kier alpha value is -4.07. The maximum Gasteiger partial charge on any atom is 0.335 e. The summed E-state index contributed by atoms with van der Waals surface area (Å²) in [4.78, 5) is 51.5. The second-order valence-corrected chi connectivity index (χ2v) is 7.02. The van der Waals surface area contributed by atoms with Crippen LogP contribution in [-0.2, 0) is 14.4 Å². The zero-order valence-electron chi connectivity index (χ0n) is 16.3. The Bertz CT molecular complexity index is 1120. The number of amides is 5. The minimum atomic E-state index is -0.886. The molecule has 1 saturated heterocycles. The number of hydrogen-bond donors (Lipinski definition) is 1. The topological polar surface area (TPSA) is 99.2 Å². The van der Waals surface area contributed by atoms with Crippen molar-refractivity contribution < 1.29 is 19.2 Å². The number of carbonyl (C=O) groups excluding carboxylic acids is 4. The molecule has 1 atom stereocenters. The van der Waals surface area contributed by atoms with Crippen molar-refractivity contribution in [3.8, 4) is 0 Å². The third-order valence-electron chi connectivity index (χ3n) is 4.91. The molecule has 2 aromatic rings. The Morgan fingerprint density at radius 3 is 2.23 bits per heavy atom. The van der Waals surface area contributed by atoms with Crippen molar-refractivity contribution in [1.29, 1.82) is 0 Å². The van der Waals surface area contributed by atoms with Gasteiger partial charge in [0.15, 0.2) is 0 Å². The van der Waals surface area contributed by atoms with E-state index in [1.165, 1.54) is 11.1 Å². The van der Waals surface area contributed by atoms with E-state index in [4.69, 9.17) is 0 Å². The minimum absolute atomic E-state index is 0.280. The van der Waals surface area contributed by atoms with Crippen molar-refractivity contribution in [3.63, 3.8) is 0 Å². The standard InChI is InChI=1S/C22H18N4O4/c1-13-8-10-15(11-9-13)25-20(28)18(19(27)23-22(25)30)12-17-14(2)24-26(21(17)29)16-6-4-3-5-7-16/h3-12,17H,1-2H3,(H,23,27,30)/b18-12+/t17-/m1/s1. The summed E-state index contributed by atoms with van der Waals surface area (Å²) in [6.07, 6.45) is 1.27. The SMILES string of the molecule is CC1=NN(c2ccccc2)C(=O)[C@@H]1/C=C1\C(=O)NC(=O)N(c2ccc(C)cc2)C1=O. The van der Waals surface area contributed by atoms with Crippen LogP contribution in [0, 0.1) is 12.8 Å². The molecule has 4 rings (SSSR count). The second kappa shape index (κ2) is 7.40. The largest absolute Gasteiger partial charge is 0.335 e. The van der Waals surface area contributed by atoms with E-state index in [9.17, 15) is 19.2 Å². The number of para-hydroxylation sites is 1. The van der Waals surface area contributed by atoms with Crippen LogP contribution in [0.3, 0.4) is 0 Å². The third kappa shape index (κ3) is 3.28. The molecule has 0 spiro atoms. The Kier molecular flexibility index (Phi) is 4.75. The molecule has 1 fully saturated rings. The molecule has 2 aromatic carbocycles. The number of rotatable bonds is 3. The van der Waals surface area contributed by atoms with Crippen LogP contribution in [0.1, 0.15) is 12.5 Å². The molecule has 8 heteroatoms. The summed E-state index contributed by atoms with van der Waals surface area (Å²) in [7, 11) is 0. The predicted octanol–water partition coefficient (Wildman–Crippen LogP) is 2.54. The molecule has 0 aliphatic carbocycles. The van der Waals surface area contributed by atoms with Crippen LogP contribution in [0.25, 0.3) is 0 Å². The van der Waals surface area contributed by atoms with Crippen molar-refractivity contribution >= 4 is 40.8 Å². The lowest BCUT2D eigenvalue weighted by Gasteiger charge is -2.26. The molecule has 0 bridgehead atoms. The van der Waals surface area contributed by atoms with Gasteiger partial charge >= 0.3 is 6.03 Å². The van der Waals surface area contributed by atoms with Crippen LogP contribution in [-0.4, -0.2) is 29.5 Å². The highest BCUT2D eigenvalue weighted by molar-refractivity contribution is 6.38. The lowest BCUT2D eigenvalue weighted by atomic mass is 9.98. The number of anilines is 2. The molecule has 0 aromatic heterocycles. The highest BCUT2D eigenvalue weighted by Crippen LogP contribution is 2.27. The summed E-state index contributed by atoms with van der Waals surface area (Å²) >= 11 is 0. The van der Waals surface area contributed by atoms with Crippen LogP contribution < -0.4 is 15.2 Å². The fourth-order valence-corrected chi connectivity index (χ4v) is 3.30. The fraction of sp³-hybridized carbons (Fsp3) is 0.136. The van der Waals surface area contributed by atoms with E-state index < -0.39 is 23.8 Å². The highest BCUT2D eigenvalue weighted by Gasteiger charge is 2.40. The minimum Gasteiger partial charge on any atom is -0.273 e. The van der Waals surface area contributed by atoms with Gasteiger partial charge in [0.05, 0.1) is 23.0 Å². The number of hydrogen-bond acceptors (Lipinski definition) is 5. The number of nitrogens with zero attached hydrogens (tertiary/aromatic N) is 3. The van der Waals surface area contributed by atoms with E-state index in [2.05, 4.69) is 10.4 Å². The zero-order valence-corrected chi connectivity index (χ0v) is 16.3. The lowest BCUT2D eigenvalue weighted by Crippen LogP contribution is -2.54. The number of imide groups is 2. The summed E-state index contributed by atoms with van der Waals surface area (Å²) < 4.78 is 0. The smallest absolute Gasteiger partial charge is 0.273 e. The summed E-state index contributed by atoms with van der Waals surface area (Å²) in [6, 6.07) is 14.8.